The number of nitrogens with zero attached hydrogens (tertiary/aromatic N) is 1. The first-order chi connectivity index (χ1) is 13.9. The fraction of sp³-hybridized carbons (Fsp3) is 0.300. The Balaban J connectivity index is 1.68. The summed E-state index contributed by atoms with van der Waals surface area (Å²) in [7, 11) is 2.66. The largest absolute Gasteiger partial charge is 0.493 e. The van der Waals surface area contributed by atoms with Crippen molar-refractivity contribution in [2.75, 3.05) is 26.1 Å². The highest BCUT2D eigenvalue weighted by Gasteiger charge is 2.26. The topological polar surface area (TPSA) is 117 Å². The first kappa shape index (κ1) is 20.1. The minimum atomic E-state index is -1.01. The van der Waals surface area contributed by atoms with E-state index in [4.69, 9.17) is 14.2 Å². The Kier molecular flexibility index (Phi) is 5.96. The zero-order valence-electron chi connectivity index (χ0n) is 16.0. The van der Waals surface area contributed by atoms with E-state index >= 15 is 0 Å². The molecule has 0 fully saturated rings. The molecular weight excluding hydrogens is 380 g/mol. The second-order valence-electron chi connectivity index (χ2n) is 6.44. The van der Waals surface area contributed by atoms with Gasteiger partial charge in [-0.05, 0) is 42.5 Å². The first-order valence-electron chi connectivity index (χ1n) is 8.92. The lowest BCUT2D eigenvalue weighted by atomic mass is 10.1. The van der Waals surface area contributed by atoms with Crippen molar-refractivity contribution in [1.29, 1.82) is 0 Å². The number of anilines is 1. The number of rotatable bonds is 7. The van der Waals surface area contributed by atoms with Crippen molar-refractivity contribution >= 4 is 23.3 Å². The van der Waals surface area contributed by atoms with E-state index in [-0.39, 0.29) is 17.1 Å². The van der Waals surface area contributed by atoms with Gasteiger partial charge in [-0.1, -0.05) is 6.07 Å². The van der Waals surface area contributed by atoms with Gasteiger partial charge in [0.2, 0.25) is 0 Å². The number of ether oxygens (including phenoxy) is 3. The number of amides is 1. The maximum absolute atomic E-state index is 12.3. The molecule has 0 heterocycles. The molecule has 0 saturated carbocycles. The van der Waals surface area contributed by atoms with E-state index in [1.54, 1.807) is 6.07 Å². The molecule has 0 aromatic heterocycles. The van der Waals surface area contributed by atoms with E-state index < -0.39 is 29.1 Å². The Bertz CT molecular complexity index is 972. The molecule has 2 aromatic carbocycles. The minimum absolute atomic E-state index is 0.102. The molecule has 1 N–H and O–H groups in total. The number of fused-ring (bicyclic) bond motifs is 1. The van der Waals surface area contributed by atoms with Crippen molar-refractivity contribution in [1.82, 2.24) is 0 Å². The number of nitro benzene ring substituents is 1. The van der Waals surface area contributed by atoms with Crippen LogP contribution in [0, 0.1) is 10.1 Å². The molecule has 1 amide bonds. The predicted molar refractivity (Wildman–Crippen MR) is 104 cm³/mol. The van der Waals surface area contributed by atoms with Crippen LogP contribution in [0.4, 0.5) is 11.4 Å². The molecular formula is C20H20N2O7. The molecule has 0 unspecified atom stereocenters. The van der Waals surface area contributed by atoms with E-state index in [1.807, 2.05) is 12.1 Å². The molecule has 1 aliphatic carbocycles. The molecule has 2 aromatic rings. The number of hydrogen-bond acceptors (Lipinski definition) is 7. The maximum Gasteiger partial charge on any atom is 0.345 e. The van der Waals surface area contributed by atoms with Crippen molar-refractivity contribution in [3.8, 4) is 11.5 Å². The van der Waals surface area contributed by atoms with Gasteiger partial charge in [-0.3, -0.25) is 14.9 Å². The van der Waals surface area contributed by atoms with Crippen molar-refractivity contribution in [2.24, 2.45) is 0 Å². The summed E-state index contributed by atoms with van der Waals surface area (Å²) in [5.41, 5.74) is 2.24. The summed E-state index contributed by atoms with van der Waals surface area (Å²) < 4.78 is 15.0. The summed E-state index contributed by atoms with van der Waals surface area (Å²) in [6, 6.07) is 7.89. The lowest BCUT2D eigenvalue weighted by Gasteiger charge is -2.11. The molecule has 0 bridgehead atoms. The molecule has 0 saturated heterocycles. The third-order valence-electron chi connectivity index (χ3n) is 4.64. The van der Waals surface area contributed by atoms with E-state index in [9.17, 15) is 19.7 Å². The maximum atomic E-state index is 12.3. The number of nitrogens with one attached hydrogen (secondary N) is 1. The summed E-state index contributed by atoms with van der Waals surface area (Å²) in [5.74, 6) is -1.32. The third kappa shape index (κ3) is 4.45. The van der Waals surface area contributed by atoms with Gasteiger partial charge in [0.25, 0.3) is 11.6 Å². The average Bonchev–Trinajstić information content (AvgIpc) is 3.18. The van der Waals surface area contributed by atoms with Crippen LogP contribution in [-0.4, -0.2) is 37.6 Å². The summed E-state index contributed by atoms with van der Waals surface area (Å²) in [6.45, 7) is -0.582. The van der Waals surface area contributed by atoms with Gasteiger partial charge in [0.15, 0.2) is 18.1 Å². The van der Waals surface area contributed by atoms with Gasteiger partial charge in [0.1, 0.15) is 5.56 Å². The number of carbonyl (C=O) groups excluding carboxylic acids is 2. The lowest BCUT2D eigenvalue weighted by molar-refractivity contribution is -0.385. The van der Waals surface area contributed by atoms with Crippen LogP contribution in [0.3, 0.4) is 0 Å². The zero-order chi connectivity index (χ0) is 21.0. The lowest BCUT2D eigenvalue weighted by Crippen LogP contribution is -2.21. The van der Waals surface area contributed by atoms with Crippen LogP contribution < -0.4 is 14.8 Å². The summed E-state index contributed by atoms with van der Waals surface area (Å²) >= 11 is 0. The number of esters is 1. The van der Waals surface area contributed by atoms with E-state index in [0.29, 0.717) is 5.69 Å². The zero-order valence-corrected chi connectivity index (χ0v) is 16.0. The van der Waals surface area contributed by atoms with Gasteiger partial charge in [0, 0.05) is 11.8 Å². The number of benzene rings is 2. The van der Waals surface area contributed by atoms with Gasteiger partial charge in [0.05, 0.1) is 25.2 Å². The summed E-state index contributed by atoms with van der Waals surface area (Å²) in [5, 5.41) is 14.0. The molecule has 0 aliphatic heterocycles. The highest BCUT2D eigenvalue weighted by Crippen LogP contribution is 2.34. The minimum Gasteiger partial charge on any atom is -0.493 e. The third-order valence-corrected chi connectivity index (χ3v) is 4.64. The van der Waals surface area contributed by atoms with E-state index in [2.05, 4.69) is 5.32 Å². The number of nitro groups is 1. The predicted octanol–water partition coefficient (Wildman–Crippen LogP) is 2.90. The highest BCUT2D eigenvalue weighted by atomic mass is 16.6. The van der Waals surface area contributed by atoms with Gasteiger partial charge >= 0.3 is 5.97 Å². The summed E-state index contributed by atoms with van der Waals surface area (Å²) in [4.78, 5) is 35.0. The normalized spacial score (nSPS) is 12.1. The van der Waals surface area contributed by atoms with Gasteiger partial charge in [-0.15, -0.1) is 0 Å². The Morgan fingerprint density at radius 2 is 1.76 bits per heavy atom. The molecule has 9 heteroatoms. The van der Waals surface area contributed by atoms with Crippen molar-refractivity contribution in [2.45, 2.75) is 19.3 Å². The van der Waals surface area contributed by atoms with E-state index in [1.165, 1.54) is 25.3 Å². The fourth-order valence-corrected chi connectivity index (χ4v) is 3.24. The Hall–Kier alpha value is -3.62. The molecule has 9 nitrogen and oxygen atoms in total. The molecule has 3 rings (SSSR count). The van der Waals surface area contributed by atoms with Crippen molar-refractivity contribution < 1.29 is 28.7 Å². The number of methoxy groups -OCH3 is 2. The average molecular weight is 400 g/mol. The van der Waals surface area contributed by atoms with Crippen LogP contribution in [0.25, 0.3) is 0 Å². The Morgan fingerprint density at radius 3 is 2.45 bits per heavy atom. The number of hydrogen-bond donors (Lipinski definition) is 1. The molecule has 1 aliphatic rings. The Morgan fingerprint density at radius 1 is 1.07 bits per heavy atom. The van der Waals surface area contributed by atoms with Crippen LogP contribution in [0.5, 0.6) is 11.5 Å². The van der Waals surface area contributed by atoms with Gasteiger partial charge in [-0.25, -0.2) is 4.79 Å². The number of aryl methyl sites for hydroxylation is 2. The molecule has 0 radical (unpaired) electrons. The monoisotopic (exact) mass is 400 g/mol. The second-order valence-corrected chi connectivity index (χ2v) is 6.44. The second kappa shape index (κ2) is 8.59. The van der Waals surface area contributed by atoms with Crippen molar-refractivity contribution in [3.63, 3.8) is 0 Å². The van der Waals surface area contributed by atoms with Crippen LogP contribution in [0.2, 0.25) is 0 Å². The standard InChI is InChI=1S/C20H20N2O7/c1-27-17-9-15(16(22(25)26)10-18(17)28-2)20(24)29-11-19(23)21-14-7-6-12-4-3-5-13(12)8-14/h6-10H,3-5,11H2,1-2H3,(H,21,23). The van der Waals surface area contributed by atoms with Gasteiger partial charge in [-0.2, -0.15) is 0 Å². The van der Waals surface area contributed by atoms with Gasteiger partial charge < -0.3 is 19.5 Å². The summed E-state index contributed by atoms with van der Waals surface area (Å²) in [6.07, 6.45) is 3.09. The van der Waals surface area contributed by atoms with Crippen LogP contribution in [0.1, 0.15) is 27.9 Å². The SMILES string of the molecule is COc1cc(C(=O)OCC(=O)Nc2ccc3c(c2)CCC3)c([N+](=O)[O-])cc1OC. The fourth-order valence-electron chi connectivity index (χ4n) is 3.24. The molecule has 29 heavy (non-hydrogen) atoms. The van der Waals surface area contributed by atoms with Crippen molar-refractivity contribution in [3.05, 3.63) is 57.1 Å². The highest BCUT2D eigenvalue weighted by molar-refractivity contribution is 5.98. The quantitative estimate of drug-likeness (QED) is 0.431. The van der Waals surface area contributed by atoms with Crippen LogP contribution in [0.15, 0.2) is 30.3 Å². The van der Waals surface area contributed by atoms with Crippen LogP contribution in [-0.2, 0) is 22.4 Å². The van der Waals surface area contributed by atoms with E-state index in [0.717, 1.165) is 31.4 Å². The Labute approximate surface area is 166 Å². The molecule has 0 atom stereocenters. The first-order valence-corrected chi connectivity index (χ1v) is 8.92. The molecule has 152 valence electrons. The molecule has 0 spiro atoms. The number of carbonyl (C=O) groups is 2. The smallest absolute Gasteiger partial charge is 0.345 e. The van der Waals surface area contributed by atoms with Crippen LogP contribution >= 0.6 is 0 Å².